The minimum atomic E-state index is -4.78. The van der Waals surface area contributed by atoms with Crippen LogP contribution in [0.2, 0.25) is 0 Å². The largest absolute Gasteiger partial charge is 0.505 e. The fourth-order valence-corrected chi connectivity index (χ4v) is 5.91. The molecule has 48 heavy (non-hydrogen) atoms. The molecule has 7 N–H and O–H groups in total. The lowest BCUT2D eigenvalue weighted by atomic mass is 10.1. The van der Waals surface area contributed by atoms with Crippen LogP contribution < -0.4 is 9.92 Å². The molecule has 0 saturated carbocycles. The molecule has 0 aliphatic carbocycles. The first-order chi connectivity index (χ1) is 22.6. The topological polar surface area (TPSA) is 284 Å². The van der Waals surface area contributed by atoms with Crippen LogP contribution in [0.5, 0.6) is 11.5 Å². The lowest BCUT2D eigenvalue weighted by molar-refractivity contribution is 0.401. The zero-order valence-corrected chi connectivity index (χ0v) is 26.6. The van der Waals surface area contributed by atoms with Crippen molar-refractivity contribution >= 4 is 87.5 Å². The van der Waals surface area contributed by atoms with Gasteiger partial charge in [0, 0.05) is 21.7 Å². The molecule has 5 rings (SSSR count). The molecule has 0 radical (unpaired) electrons. The normalized spacial score (nSPS) is 13.0. The van der Waals surface area contributed by atoms with Gasteiger partial charge in [-0.3, -0.25) is 19.1 Å². The average molecular weight is 715 g/mol. The molecule has 5 aromatic carbocycles. The predicted octanol–water partition coefficient (Wildman–Crippen LogP) is 6.09. The van der Waals surface area contributed by atoms with E-state index in [9.17, 15) is 39.8 Å². The van der Waals surface area contributed by atoms with Crippen LogP contribution in [-0.4, -0.2) is 52.8 Å². The Morgan fingerprint density at radius 3 is 2.06 bits per heavy atom. The van der Waals surface area contributed by atoms with Crippen LogP contribution in [0.15, 0.2) is 103 Å². The molecule has 0 saturated heterocycles. The SMILES string of the molecule is COC(=N)c1ccc(N=Nc2ccc(N=Nc3c(OS(=O)O)cc4cc(S(=O)(=O)O)c(N)cc4c3O)c3cc(S(=O)(=O)O)ccc23)cc1. The van der Waals surface area contributed by atoms with E-state index >= 15 is 0 Å². The van der Waals surface area contributed by atoms with Crippen LogP contribution in [0.3, 0.4) is 0 Å². The lowest BCUT2D eigenvalue weighted by Gasteiger charge is -2.12. The van der Waals surface area contributed by atoms with Gasteiger partial charge in [0.2, 0.25) is 5.90 Å². The monoisotopic (exact) mass is 714 g/mol. The van der Waals surface area contributed by atoms with E-state index < -0.39 is 64.3 Å². The van der Waals surface area contributed by atoms with Crippen molar-refractivity contribution in [3.8, 4) is 11.5 Å². The van der Waals surface area contributed by atoms with Crippen molar-refractivity contribution in [2.45, 2.75) is 9.79 Å². The molecule has 0 spiro atoms. The summed E-state index contributed by atoms with van der Waals surface area (Å²) in [4.78, 5) is -1.18. The molecule has 0 amide bonds. The highest BCUT2D eigenvalue weighted by molar-refractivity contribution is 7.86. The molecule has 248 valence electrons. The molecule has 0 aliphatic rings. The summed E-state index contributed by atoms with van der Waals surface area (Å²) in [5.41, 5.74) is 5.99. The second-order valence-electron chi connectivity index (χ2n) is 9.72. The number of hydrogen-bond acceptors (Lipinski definition) is 14. The summed E-state index contributed by atoms with van der Waals surface area (Å²) >= 11 is -2.95. The van der Waals surface area contributed by atoms with Gasteiger partial charge in [-0.2, -0.15) is 26.2 Å². The first-order valence-electron chi connectivity index (χ1n) is 13.0. The fraction of sp³-hybridized carbons (Fsp3) is 0.0357. The van der Waals surface area contributed by atoms with Crippen LogP contribution in [0, 0.1) is 5.41 Å². The van der Waals surface area contributed by atoms with E-state index in [-0.39, 0.29) is 33.4 Å². The molecular weight excluding hydrogens is 693 g/mol. The van der Waals surface area contributed by atoms with E-state index in [1.165, 1.54) is 25.3 Å². The van der Waals surface area contributed by atoms with Gasteiger partial charge < -0.3 is 19.8 Å². The number of nitrogens with one attached hydrogen (secondary N) is 1. The summed E-state index contributed by atoms with van der Waals surface area (Å²) in [6.45, 7) is 0. The summed E-state index contributed by atoms with van der Waals surface area (Å²) in [7, 11) is -8.09. The van der Waals surface area contributed by atoms with E-state index in [1.54, 1.807) is 24.3 Å². The summed E-state index contributed by atoms with van der Waals surface area (Å²) in [6.07, 6.45) is 0. The molecular formula is C28H22N6O11S3. The summed E-state index contributed by atoms with van der Waals surface area (Å²) in [5, 5.41) is 35.5. The van der Waals surface area contributed by atoms with Crippen molar-refractivity contribution in [3.05, 3.63) is 78.4 Å². The maximum absolute atomic E-state index is 12.0. The Bertz CT molecular complexity index is 2430. The van der Waals surface area contributed by atoms with Crippen molar-refractivity contribution in [1.29, 1.82) is 5.41 Å². The van der Waals surface area contributed by atoms with Crippen molar-refractivity contribution < 1.29 is 48.7 Å². The van der Waals surface area contributed by atoms with Gasteiger partial charge in [-0.05, 0) is 72.1 Å². The molecule has 0 fully saturated rings. The third-order valence-corrected chi connectivity index (χ3v) is 8.81. The molecule has 0 aliphatic heterocycles. The molecule has 17 nitrogen and oxygen atoms in total. The summed E-state index contributed by atoms with van der Waals surface area (Å²) in [6, 6.07) is 15.8. The molecule has 20 heteroatoms. The van der Waals surface area contributed by atoms with Crippen molar-refractivity contribution in [2.75, 3.05) is 12.8 Å². The quantitative estimate of drug-likeness (QED) is 0.0252. The molecule has 0 bridgehead atoms. The Morgan fingerprint density at radius 2 is 1.46 bits per heavy atom. The van der Waals surface area contributed by atoms with E-state index in [0.29, 0.717) is 16.6 Å². The van der Waals surface area contributed by atoms with E-state index in [1.807, 2.05) is 0 Å². The minimum Gasteiger partial charge on any atom is -0.505 e. The number of nitrogen functional groups attached to an aromatic ring is 1. The number of ether oxygens (including phenoxy) is 1. The Balaban J connectivity index is 1.64. The Labute approximate surface area is 273 Å². The number of hydrogen-bond donors (Lipinski definition) is 6. The van der Waals surface area contributed by atoms with Crippen LogP contribution in [0.1, 0.15) is 5.56 Å². The number of aromatic hydroxyl groups is 1. The first kappa shape index (κ1) is 34.0. The molecule has 1 unspecified atom stereocenters. The molecule has 0 aromatic heterocycles. The van der Waals surface area contributed by atoms with E-state index in [4.69, 9.17) is 20.1 Å². The number of phenols is 1. The van der Waals surface area contributed by atoms with Crippen LogP contribution in [0.25, 0.3) is 21.5 Å². The molecule has 5 aromatic rings. The standard InChI is InChI=1S/C28H22N6O11S3/c1-44-28(30)14-2-4-16(5-3-14)31-32-22-8-9-23(20-12-17(47(38,39)40)6-7-18(20)22)33-34-26-24(45-46(36)37)10-15-11-25(48(41,42)43)21(29)13-19(15)27(26)35/h2-13,30,35H,29H2,1H3,(H,36,37)(H,38,39,40)(H,41,42,43). The second-order valence-corrected chi connectivity index (χ2v) is 13.1. The first-order valence-corrected chi connectivity index (χ1v) is 16.9. The number of nitrogens with zero attached hydrogens (tertiary/aromatic N) is 4. The third-order valence-electron chi connectivity index (χ3n) is 6.72. The van der Waals surface area contributed by atoms with Gasteiger partial charge in [-0.15, -0.1) is 15.3 Å². The Hall–Kier alpha value is -5.38. The number of fused-ring (bicyclic) bond motifs is 2. The molecule has 0 heterocycles. The highest BCUT2D eigenvalue weighted by Gasteiger charge is 2.22. The zero-order valence-electron chi connectivity index (χ0n) is 24.2. The summed E-state index contributed by atoms with van der Waals surface area (Å²) < 4.78 is 97.2. The smallest absolute Gasteiger partial charge is 0.357 e. The number of rotatable bonds is 9. The van der Waals surface area contributed by atoms with Crippen LogP contribution >= 0.6 is 0 Å². The minimum absolute atomic E-state index is 0.0197. The highest BCUT2D eigenvalue weighted by Crippen LogP contribution is 2.46. The average Bonchev–Trinajstić information content (AvgIpc) is 3.02. The van der Waals surface area contributed by atoms with E-state index in [2.05, 4.69) is 20.5 Å². The number of benzene rings is 5. The number of nitrogens with two attached hydrogens (primary N) is 1. The van der Waals surface area contributed by atoms with Gasteiger partial charge in [0.05, 0.1) is 34.8 Å². The van der Waals surface area contributed by atoms with Gasteiger partial charge in [0.15, 0.2) is 17.2 Å². The number of azo groups is 2. The highest BCUT2D eigenvalue weighted by atomic mass is 32.2. The summed E-state index contributed by atoms with van der Waals surface area (Å²) in [5.74, 6) is -1.28. The van der Waals surface area contributed by atoms with Gasteiger partial charge in [0.1, 0.15) is 4.90 Å². The van der Waals surface area contributed by atoms with Crippen molar-refractivity contribution in [3.63, 3.8) is 0 Å². The predicted molar refractivity (Wildman–Crippen MR) is 174 cm³/mol. The van der Waals surface area contributed by atoms with Gasteiger partial charge in [-0.1, -0.05) is 6.07 Å². The van der Waals surface area contributed by atoms with Gasteiger partial charge in [-0.25, -0.2) is 0 Å². The van der Waals surface area contributed by atoms with Gasteiger partial charge in [0.25, 0.3) is 20.2 Å². The Kier molecular flexibility index (Phi) is 9.22. The number of methoxy groups -OCH3 is 1. The number of anilines is 1. The Morgan fingerprint density at radius 1 is 0.812 bits per heavy atom. The number of phenolic OH excluding ortho intramolecular Hbond substituents is 1. The van der Waals surface area contributed by atoms with Crippen LogP contribution in [0.4, 0.5) is 28.4 Å². The van der Waals surface area contributed by atoms with E-state index in [0.717, 1.165) is 30.3 Å². The maximum atomic E-state index is 12.0. The maximum Gasteiger partial charge on any atom is 0.357 e. The zero-order chi connectivity index (χ0) is 35.0. The van der Waals surface area contributed by atoms with Crippen molar-refractivity contribution in [2.24, 2.45) is 20.5 Å². The third kappa shape index (κ3) is 7.12. The second kappa shape index (κ2) is 13.0. The van der Waals surface area contributed by atoms with Crippen molar-refractivity contribution in [1.82, 2.24) is 0 Å². The fourth-order valence-electron chi connectivity index (χ4n) is 4.49. The van der Waals surface area contributed by atoms with Gasteiger partial charge >= 0.3 is 11.4 Å². The lowest BCUT2D eigenvalue weighted by Crippen LogP contribution is -2.03. The van der Waals surface area contributed by atoms with Crippen LogP contribution in [-0.2, 0) is 36.3 Å². The molecule has 1 atom stereocenters.